The number of nitrogens with two attached hydrogens (primary N) is 1. The number of carbonyl (C=O) groups is 1. The number of fused-ring (bicyclic) bond motifs is 2. The van der Waals surface area contributed by atoms with E-state index in [0.29, 0.717) is 22.3 Å². The van der Waals surface area contributed by atoms with E-state index in [1.54, 1.807) is 12.1 Å². The first kappa shape index (κ1) is 11.5. The molecule has 1 heterocycles. The maximum atomic E-state index is 12.7. The number of ketones is 1. The lowest BCUT2D eigenvalue weighted by atomic mass is 9.86. The van der Waals surface area contributed by atoms with Gasteiger partial charge in [-0.3, -0.25) is 4.79 Å². The van der Waals surface area contributed by atoms with Crippen molar-refractivity contribution in [1.29, 1.82) is 0 Å². The van der Waals surface area contributed by atoms with Crippen molar-refractivity contribution >= 4 is 38.3 Å². The fourth-order valence-electron chi connectivity index (χ4n) is 2.70. The van der Waals surface area contributed by atoms with Crippen LogP contribution in [0.1, 0.15) is 15.9 Å². The number of hydrogen-bond acceptors (Lipinski definition) is 4. The van der Waals surface area contributed by atoms with Crippen molar-refractivity contribution in [3.05, 3.63) is 52.3 Å². The van der Waals surface area contributed by atoms with Crippen LogP contribution in [0.4, 0.5) is 5.69 Å². The molecule has 1 aliphatic carbocycles. The highest BCUT2D eigenvalue weighted by Gasteiger charge is 2.29. The van der Waals surface area contributed by atoms with Gasteiger partial charge in [-0.25, -0.2) is 9.97 Å². The third-order valence-corrected chi connectivity index (χ3v) is 4.15. The van der Waals surface area contributed by atoms with Gasteiger partial charge in [0.15, 0.2) is 5.78 Å². The molecule has 0 spiro atoms. The fourth-order valence-corrected chi connectivity index (χ4v) is 3.24. The molecule has 5 heteroatoms. The van der Waals surface area contributed by atoms with Gasteiger partial charge in [0.25, 0.3) is 0 Å². The summed E-state index contributed by atoms with van der Waals surface area (Å²) in [6.07, 6.45) is 1.51. The Hall–Kier alpha value is -2.27. The van der Waals surface area contributed by atoms with Crippen molar-refractivity contribution in [3.8, 4) is 11.3 Å². The van der Waals surface area contributed by atoms with Crippen LogP contribution in [0.3, 0.4) is 0 Å². The Morgan fingerprint density at radius 3 is 2.65 bits per heavy atom. The Bertz CT molecular complexity index is 905. The molecule has 1 aliphatic rings. The zero-order chi connectivity index (χ0) is 13.9. The minimum atomic E-state index is -0.0714. The van der Waals surface area contributed by atoms with Crippen molar-refractivity contribution in [2.45, 2.75) is 0 Å². The van der Waals surface area contributed by atoms with Gasteiger partial charge in [-0.1, -0.05) is 24.3 Å². The second-order valence-corrected chi connectivity index (χ2v) is 5.50. The van der Waals surface area contributed by atoms with Crippen LogP contribution >= 0.6 is 15.9 Å². The first-order valence-electron chi connectivity index (χ1n) is 6.05. The lowest BCUT2D eigenvalue weighted by Gasteiger charge is -2.20. The van der Waals surface area contributed by atoms with Crippen LogP contribution in [0.15, 0.2) is 41.1 Å². The van der Waals surface area contributed by atoms with Crippen LogP contribution < -0.4 is 5.73 Å². The SMILES string of the molecule is Nc1cc(Br)c2ncnc3c2c1C(=O)c1ccccc1-3. The van der Waals surface area contributed by atoms with Crippen LogP contribution in [-0.4, -0.2) is 15.8 Å². The van der Waals surface area contributed by atoms with Gasteiger partial charge in [-0.15, -0.1) is 0 Å². The molecule has 0 saturated carbocycles. The third kappa shape index (κ3) is 1.33. The van der Waals surface area contributed by atoms with E-state index in [1.165, 1.54) is 6.33 Å². The molecule has 0 aliphatic heterocycles. The first-order chi connectivity index (χ1) is 9.68. The normalized spacial score (nSPS) is 12.6. The highest BCUT2D eigenvalue weighted by Crippen LogP contribution is 2.41. The van der Waals surface area contributed by atoms with Crippen molar-refractivity contribution < 1.29 is 4.79 Å². The summed E-state index contributed by atoms with van der Waals surface area (Å²) in [6, 6.07) is 9.16. The second-order valence-electron chi connectivity index (χ2n) is 4.64. The number of anilines is 1. The Morgan fingerprint density at radius 2 is 1.85 bits per heavy atom. The Balaban J connectivity index is 2.31. The topological polar surface area (TPSA) is 68.9 Å². The molecule has 0 amide bonds. The minimum Gasteiger partial charge on any atom is -0.398 e. The Kier molecular flexibility index (Phi) is 2.23. The lowest BCUT2D eigenvalue weighted by Crippen LogP contribution is -2.14. The third-order valence-electron chi connectivity index (χ3n) is 3.55. The molecule has 4 nitrogen and oxygen atoms in total. The average molecular weight is 326 g/mol. The summed E-state index contributed by atoms with van der Waals surface area (Å²) >= 11 is 3.45. The summed E-state index contributed by atoms with van der Waals surface area (Å²) in [7, 11) is 0. The predicted octanol–water partition coefficient (Wildman–Crippen LogP) is 3.19. The molecule has 0 radical (unpaired) electrons. The van der Waals surface area contributed by atoms with Crippen LogP contribution in [0.2, 0.25) is 0 Å². The zero-order valence-electron chi connectivity index (χ0n) is 10.2. The van der Waals surface area contributed by atoms with Crippen LogP contribution in [0.25, 0.3) is 22.2 Å². The molecule has 0 fully saturated rings. The van der Waals surface area contributed by atoms with Crippen molar-refractivity contribution in [2.75, 3.05) is 5.73 Å². The molecule has 4 rings (SSSR count). The van der Waals surface area contributed by atoms with E-state index in [9.17, 15) is 4.79 Å². The fraction of sp³-hybridized carbons (Fsp3) is 0. The van der Waals surface area contributed by atoms with Crippen molar-refractivity contribution in [2.24, 2.45) is 0 Å². The van der Waals surface area contributed by atoms with E-state index in [-0.39, 0.29) is 5.78 Å². The first-order valence-corrected chi connectivity index (χ1v) is 6.84. The molecule has 0 atom stereocenters. The molecule has 1 aromatic heterocycles. The van der Waals surface area contributed by atoms with E-state index >= 15 is 0 Å². The van der Waals surface area contributed by atoms with Gasteiger partial charge < -0.3 is 5.73 Å². The predicted molar refractivity (Wildman–Crippen MR) is 80.5 cm³/mol. The Labute approximate surface area is 122 Å². The molecule has 0 bridgehead atoms. The monoisotopic (exact) mass is 325 g/mol. The van der Waals surface area contributed by atoms with Crippen molar-refractivity contribution in [3.63, 3.8) is 0 Å². The number of nitrogen functional groups attached to an aromatic ring is 1. The van der Waals surface area contributed by atoms with E-state index in [0.717, 1.165) is 21.1 Å². The maximum absolute atomic E-state index is 12.7. The molecule has 20 heavy (non-hydrogen) atoms. The number of benzene rings is 2. The van der Waals surface area contributed by atoms with Gasteiger partial charge in [0.1, 0.15) is 6.33 Å². The van der Waals surface area contributed by atoms with Gasteiger partial charge in [-0.2, -0.15) is 0 Å². The average Bonchev–Trinajstić information content (AvgIpc) is 2.46. The molecule has 0 unspecified atom stereocenters. The number of nitrogens with zero attached hydrogens (tertiary/aromatic N) is 2. The minimum absolute atomic E-state index is 0.0714. The van der Waals surface area contributed by atoms with E-state index in [1.807, 2.05) is 18.2 Å². The largest absolute Gasteiger partial charge is 0.398 e. The standard InChI is InChI=1S/C15H8BrN3O/c16-9-5-10(17)11-12-13(18-6-19-14(9)12)7-3-1-2-4-8(7)15(11)20/h1-6H,17H2. The van der Waals surface area contributed by atoms with Gasteiger partial charge in [-0.05, 0) is 22.0 Å². The maximum Gasteiger partial charge on any atom is 0.196 e. The van der Waals surface area contributed by atoms with Gasteiger partial charge in [0.05, 0.1) is 16.8 Å². The molecule has 2 N–H and O–H groups in total. The van der Waals surface area contributed by atoms with Gasteiger partial charge in [0, 0.05) is 26.7 Å². The Morgan fingerprint density at radius 1 is 1.10 bits per heavy atom. The number of carbonyl (C=O) groups excluding carboxylic acids is 1. The van der Waals surface area contributed by atoms with Gasteiger partial charge in [0.2, 0.25) is 0 Å². The summed E-state index contributed by atoms with van der Waals surface area (Å²) in [5, 5.41) is 0.725. The number of hydrogen-bond donors (Lipinski definition) is 1. The van der Waals surface area contributed by atoms with E-state index < -0.39 is 0 Å². The zero-order valence-corrected chi connectivity index (χ0v) is 11.8. The highest BCUT2D eigenvalue weighted by molar-refractivity contribution is 9.10. The summed E-state index contributed by atoms with van der Waals surface area (Å²) < 4.78 is 0.768. The summed E-state index contributed by atoms with van der Waals surface area (Å²) in [5.74, 6) is -0.0714. The number of aromatic nitrogens is 2. The summed E-state index contributed by atoms with van der Waals surface area (Å²) in [5.41, 5.74) is 9.91. The van der Waals surface area contributed by atoms with Crippen LogP contribution in [0.5, 0.6) is 0 Å². The summed E-state index contributed by atoms with van der Waals surface area (Å²) in [4.78, 5) is 21.3. The molecule has 0 saturated heterocycles. The number of halogens is 1. The lowest BCUT2D eigenvalue weighted by molar-refractivity contribution is 0.104. The smallest absolute Gasteiger partial charge is 0.196 e. The summed E-state index contributed by atoms with van der Waals surface area (Å²) in [6.45, 7) is 0. The van der Waals surface area contributed by atoms with E-state index in [4.69, 9.17) is 5.73 Å². The number of rotatable bonds is 0. The molecule has 2 aromatic carbocycles. The van der Waals surface area contributed by atoms with Crippen molar-refractivity contribution in [1.82, 2.24) is 9.97 Å². The van der Waals surface area contributed by atoms with Crippen LogP contribution in [0, 0.1) is 0 Å². The van der Waals surface area contributed by atoms with Gasteiger partial charge >= 0.3 is 0 Å². The quantitative estimate of drug-likeness (QED) is 0.504. The molecule has 3 aromatic rings. The van der Waals surface area contributed by atoms with Crippen LogP contribution in [-0.2, 0) is 0 Å². The molecule has 96 valence electrons. The van der Waals surface area contributed by atoms with E-state index in [2.05, 4.69) is 25.9 Å². The highest BCUT2D eigenvalue weighted by atomic mass is 79.9. The molecular weight excluding hydrogens is 318 g/mol. The molecular formula is C15H8BrN3O. The second kappa shape index (κ2) is 3.86.